The SMILES string of the molecule is CN1CCN(c2ccn3ncc(C(=O)Cc4cn(C5CCC(CN6CCC(OCCCc7cccc8c7n(C)c(=O)n8C7CCC(=O)NC7=O)CC6)CC5)nc4C(F)F)c3n2)CC1. The molecule has 2 amide bonds. The number of ketones is 1. The number of rotatable bonds is 14. The van der Waals surface area contributed by atoms with E-state index in [4.69, 9.17) is 9.72 Å². The van der Waals surface area contributed by atoms with Crippen LogP contribution >= 0.6 is 0 Å². The molecule has 63 heavy (non-hydrogen) atoms. The van der Waals surface area contributed by atoms with Crippen molar-refractivity contribution in [2.45, 2.75) is 95.2 Å². The standard InChI is InChI=1S/C45H57F2N11O5/c1-52-20-22-55(23-21-52)38-16-19-56-43(49-38)34(26-48-56)37(59)25-31-28-57(51-40(31)42(46)47)32-10-8-29(9-11-32)27-54-17-14-33(15-18-54)63-24-4-6-30-5-3-7-35-41(30)53(2)45(62)58(35)36-12-13-39(60)50-44(36)61/h3,5,7,16,19,26,28-29,32-33,36,42H,4,6,8-15,17-18,20-25,27H2,1-2H3,(H,50,60,61). The van der Waals surface area contributed by atoms with Crippen LogP contribution < -0.4 is 15.9 Å². The van der Waals surface area contributed by atoms with Crippen LogP contribution in [0, 0.1) is 5.92 Å². The Morgan fingerprint density at radius 3 is 2.46 bits per heavy atom. The number of carbonyl (C=O) groups excluding carboxylic acids is 3. The smallest absolute Gasteiger partial charge is 0.329 e. The summed E-state index contributed by atoms with van der Waals surface area (Å²) in [7, 11) is 3.81. The number of imide groups is 1. The van der Waals surface area contributed by atoms with E-state index in [1.165, 1.54) is 10.8 Å². The van der Waals surface area contributed by atoms with Gasteiger partial charge in [0.25, 0.3) is 6.43 Å². The number of fused-ring (bicyclic) bond motifs is 2. The number of Topliss-reactive ketones (excluding diaryl/α,β-unsaturated/α-hetero) is 1. The number of ether oxygens (including phenoxy) is 1. The largest absolute Gasteiger partial charge is 0.378 e. The van der Waals surface area contributed by atoms with Crippen molar-refractivity contribution in [3.05, 3.63) is 75.7 Å². The Morgan fingerprint density at radius 2 is 1.71 bits per heavy atom. The zero-order chi connectivity index (χ0) is 43.8. The maximum Gasteiger partial charge on any atom is 0.329 e. The van der Waals surface area contributed by atoms with Crippen molar-refractivity contribution in [3.63, 3.8) is 0 Å². The summed E-state index contributed by atoms with van der Waals surface area (Å²) in [5.74, 6) is 0.234. The Hall–Kier alpha value is -5.33. The third-order valence-electron chi connectivity index (χ3n) is 13.8. The number of piperidine rings is 2. The number of carbonyl (C=O) groups is 3. The van der Waals surface area contributed by atoms with Gasteiger partial charge in [-0.25, -0.2) is 23.1 Å². The van der Waals surface area contributed by atoms with Crippen molar-refractivity contribution in [1.82, 2.24) is 48.6 Å². The molecule has 1 saturated carbocycles. The predicted molar refractivity (Wildman–Crippen MR) is 231 cm³/mol. The highest BCUT2D eigenvalue weighted by atomic mass is 19.3. The Labute approximate surface area is 364 Å². The molecule has 0 bridgehead atoms. The lowest BCUT2D eigenvalue weighted by Gasteiger charge is -2.36. The van der Waals surface area contributed by atoms with Crippen LogP contribution in [0.3, 0.4) is 0 Å². The zero-order valence-corrected chi connectivity index (χ0v) is 36.1. The molecule has 0 spiro atoms. The van der Waals surface area contributed by atoms with Crippen LogP contribution in [0.4, 0.5) is 14.6 Å². The fourth-order valence-electron chi connectivity index (χ4n) is 10.2. The van der Waals surface area contributed by atoms with Gasteiger partial charge in [0.15, 0.2) is 11.4 Å². The van der Waals surface area contributed by atoms with Gasteiger partial charge in [-0.3, -0.25) is 33.5 Å². The molecule has 9 rings (SSSR count). The maximum atomic E-state index is 14.3. The number of aromatic nitrogens is 7. The number of alkyl halides is 2. The van der Waals surface area contributed by atoms with Crippen LogP contribution in [-0.2, 0) is 34.2 Å². The summed E-state index contributed by atoms with van der Waals surface area (Å²) in [4.78, 5) is 63.0. The average Bonchev–Trinajstić information content (AvgIpc) is 3.98. The first-order chi connectivity index (χ1) is 30.5. The van der Waals surface area contributed by atoms with Crippen molar-refractivity contribution in [2.75, 3.05) is 64.4 Å². The van der Waals surface area contributed by atoms with Crippen LogP contribution in [0.1, 0.15) is 103 Å². The first-order valence-corrected chi connectivity index (χ1v) is 22.5. The molecule has 0 radical (unpaired) electrons. The summed E-state index contributed by atoms with van der Waals surface area (Å²) in [6.07, 6.45) is 9.75. The molecule has 1 aliphatic carbocycles. The second-order valence-electron chi connectivity index (χ2n) is 17.9. The number of benzene rings is 1. The number of likely N-dealkylation sites (tertiary alicyclic amines) is 1. The van der Waals surface area contributed by atoms with Crippen molar-refractivity contribution in [1.29, 1.82) is 0 Å². The van der Waals surface area contributed by atoms with Crippen LogP contribution in [0.15, 0.2) is 47.7 Å². The van der Waals surface area contributed by atoms with E-state index in [-0.39, 0.29) is 53.6 Å². The summed E-state index contributed by atoms with van der Waals surface area (Å²) in [6, 6.07) is 6.98. The number of likely N-dealkylation sites (N-methyl/N-ethyl adjacent to an activating group) is 1. The van der Waals surface area contributed by atoms with Gasteiger partial charge in [-0.1, -0.05) is 12.1 Å². The molecule has 4 aliphatic rings. The molecule has 1 N–H and O–H groups in total. The number of nitrogens with one attached hydrogen (secondary N) is 1. The molecule has 16 nitrogen and oxygen atoms in total. The molecule has 1 unspecified atom stereocenters. The summed E-state index contributed by atoms with van der Waals surface area (Å²) in [5, 5.41) is 11.1. The Kier molecular flexibility index (Phi) is 12.6. The molecule has 1 aromatic carbocycles. The maximum absolute atomic E-state index is 14.3. The predicted octanol–water partition coefficient (Wildman–Crippen LogP) is 4.52. The van der Waals surface area contributed by atoms with Crippen molar-refractivity contribution < 1.29 is 27.9 Å². The number of hydrogen-bond acceptors (Lipinski definition) is 11. The molecular formula is C45H57F2N11O5. The molecule has 18 heteroatoms. The molecule has 5 aromatic rings. The van der Waals surface area contributed by atoms with E-state index >= 15 is 0 Å². The number of amides is 2. The average molecular weight is 870 g/mol. The number of aryl methyl sites for hydroxylation is 2. The van der Waals surface area contributed by atoms with Gasteiger partial charge in [-0.05, 0) is 88.4 Å². The van der Waals surface area contributed by atoms with Crippen LogP contribution in [-0.4, -0.2) is 126 Å². The highest BCUT2D eigenvalue weighted by molar-refractivity contribution is 6.02. The summed E-state index contributed by atoms with van der Waals surface area (Å²) >= 11 is 0. The van der Waals surface area contributed by atoms with E-state index in [0.717, 1.165) is 114 Å². The van der Waals surface area contributed by atoms with Crippen LogP contribution in [0.25, 0.3) is 16.7 Å². The minimum atomic E-state index is -2.79. The highest BCUT2D eigenvalue weighted by Gasteiger charge is 2.33. The van der Waals surface area contributed by atoms with Gasteiger partial charge >= 0.3 is 5.69 Å². The van der Waals surface area contributed by atoms with Crippen molar-refractivity contribution >= 4 is 40.1 Å². The molecule has 336 valence electrons. The molecule has 4 fully saturated rings. The second-order valence-corrected chi connectivity index (χ2v) is 17.9. The quantitative estimate of drug-likeness (QED) is 0.0952. The van der Waals surface area contributed by atoms with E-state index in [1.807, 2.05) is 24.3 Å². The minimum absolute atomic E-state index is 0.00799. The highest BCUT2D eigenvalue weighted by Crippen LogP contribution is 2.35. The third kappa shape index (κ3) is 9.07. The Morgan fingerprint density at radius 1 is 0.937 bits per heavy atom. The number of anilines is 1. The van der Waals surface area contributed by atoms with E-state index in [9.17, 15) is 28.0 Å². The van der Waals surface area contributed by atoms with Gasteiger partial charge in [-0.15, -0.1) is 0 Å². The zero-order valence-electron chi connectivity index (χ0n) is 36.1. The van der Waals surface area contributed by atoms with Gasteiger partial charge in [0.05, 0.1) is 34.9 Å². The van der Waals surface area contributed by atoms with E-state index in [0.29, 0.717) is 35.7 Å². The fourth-order valence-corrected chi connectivity index (χ4v) is 10.2. The van der Waals surface area contributed by atoms with E-state index in [1.54, 1.807) is 33.2 Å². The summed E-state index contributed by atoms with van der Waals surface area (Å²) in [6.45, 7) is 7.04. The number of para-hydroxylation sites is 1. The molecule has 3 aliphatic heterocycles. The molecule has 4 aromatic heterocycles. The number of imidazole rings is 1. The molecular weight excluding hydrogens is 813 g/mol. The molecule has 3 saturated heterocycles. The van der Waals surface area contributed by atoms with Gasteiger partial charge < -0.3 is 19.4 Å². The second kappa shape index (κ2) is 18.4. The topological polar surface area (TPSA) is 157 Å². The normalized spacial score (nSPS) is 22.2. The number of piperazine rings is 1. The first kappa shape index (κ1) is 42.9. The molecule has 7 heterocycles. The number of nitrogens with zero attached hydrogens (tertiary/aromatic N) is 10. The van der Waals surface area contributed by atoms with Crippen LogP contribution in [0.5, 0.6) is 0 Å². The van der Waals surface area contributed by atoms with E-state index in [2.05, 4.69) is 37.3 Å². The monoisotopic (exact) mass is 869 g/mol. The van der Waals surface area contributed by atoms with Gasteiger partial charge in [0.1, 0.15) is 17.6 Å². The Balaban J connectivity index is 0.729. The van der Waals surface area contributed by atoms with Gasteiger partial charge in [0.2, 0.25) is 11.8 Å². The fraction of sp³-hybridized carbons (Fsp3) is 0.578. The Bertz CT molecular complexity index is 2520. The van der Waals surface area contributed by atoms with Crippen molar-refractivity contribution in [3.8, 4) is 0 Å². The summed E-state index contributed by atoms with van der Waals surface area (Å²) in [5.41, 5.74) is 2.93. The lowest BCUT2D eigenvalue weighted by molar-refractivity contribution is -0.135. The summed E-state index contributed by atoms with van der Waals surface area (Å²) < 4.78 is 41.4. The number of hydrogen-bond donors (Lipinski definition) is 1. The van der Waals surface area contributed by atoms with Crippen LogP contribution in [0.2, 0.25) is 0 Å². The third-order valence-corrected chi connectivity index (χ3v) is 13.8. The minimum Gasteiger partial charge on any atom is -0.378 e. The number of halogens is 2. The molecule has 1 atom stereocenters. The van der Waals surface area contributed by atoms with Crippen molar-refractivity contribution in [2.24, 2.45) is 13.0 Å². The van der Waals surface area contributed by atoms with E-state index < -0.39 is 18.4 Å². The van der Waals surface area contributed by atoms with Gasteiger partial charge in [-0.2, -0.15) is 10.2 Å². The lowest BCUT2D eigenvalue weighted by Crippen LogP contribution is -2.44. The van der Waals surface area contributed by atoms with Gasteiger partial charge in [0, 0.05) is 90.3 Å². The first-order valence-electron chi connectivity index (χ1n) is 22.5. The lowest BCUT2D eigenvalue weighted by atomic mass is 9.85.